The second kappa shape index (κ2) is 11.9. The maximum atomic E-state index is 12.9. The van der Waals surface area contributed by atoms with E-state index in [9.17, 15) is 9.59 Å². The van der Waals surface area contributed by atoms with Crippen LogP contribution in [0.3, 0.4) is 0 Å². The van der Waals surface area contributed by atoms with Crippen LogP contribution in [0.1, 0.15) is 49.2 Å². The van der Waals surface area contributed by atoms with Gasteiger partial charge in [0.25, 0.3) is 11.8 Å². The van der Waals surface area contributed by atoms with E-state index in [1.54, 1.807) is 43.3 Å². The Morgan fingerprint density at radius 2 is 1.47 bits per heavy atom. The predicted octanol–water partition coefficient (Wildman–Crippen LogP) is 5.87. The first-order chi connectivity index (χ1) is 16.5. The van der Waals surface area contributed by atoms with Gasteiger partial charge in [-0.3, -0.25) is 9.59 Å². The molecule has 0 bridgehead atoms. The van der Waals surface area contributed by atoms with Gasteiger partial charge >= 0.3 is 0 Å². The van der Waals surface area contributed by atoms with Gasteiger partial charge in [0.05, 0.1) is 12.3 Å². The van der Waals surface area contributed by atoms with E-state index in [4.69, 9.17) is 9.47 Å². The molecule has 1 unspecified atom stereocenters. The lowest BCUT2D eigenvalue weighted by atomic mass is 10.0. The Labute approximate surface area is 201 Å². The van der Waals surface area contributed by atoms with Crippen molar-refractivity contribution in [3.63, 3.8) is 0 Å². The summed E-state index contributed by atoms with van der Waals surface area (Å²) in [5.74, 6) is 0.634. The average Bonchev–Trinajstić information content (AvgIpc) is 2.85. The minimum Gasteiger partial charge on any atom is -0.492 e. The fourth-order valence-electron chi connectivity index (χ4n) is 3.62. The third-order valence-corrected chi connectivity index (χ3v) is 5.48. The molecule has 0 fully saturated rings. The first-order valence-electron chi connectivity index (χ1n) is 11.7. The molecule has 2 amide bonds. The molecule has 0 radical (unpaired) electrons. The molecule has 0 saturated carbocycles. The zero-order valence-electron chi connectivity index (χ0n) is 20.2. The summed E-state index contributed by atoms with van der Waals surface area (Å²) in [4.78, 5) is 25.5. The van der Waals surface area contributed by atoms with Crippen molar-refractivity contribution in [2.24, 2.45) is 0 Å². The van der Waals surface area contributed by atoms with Crippen LogP contribution in [0.15, 0.2) is 66.7 Å². The van der Waals surface area contributed by atoms with Gasteiger partial charge in [0.1, 0.15) is 11.5 Å². The largest absolute Gasteiger partial charge is 0.492 e. The normalized spacial score (nSPS) is 11.4. The number of carbonyl (C=O) groups is 2. The number of amides is 2. The van der Waals surface area contributed by atoms with Crippen molar-refractivity contribution in [3.05, 3.63) is 83.4 Å². The van der Waals surface area contributed by atoms with Gasteiger partial charge in [0, 0.05) is 11.3 Å². The van der Waals surface area contributed by atoms with Crippen molar-refractivity contribution in [2.75, 3.05) is 17.2 Å². The lowest BCUT2D eigenvalue weighted by Gasteiger charge is -2.17. The molecule has 2 N–H and O–H groups in total. The van der Waals surface area contributed by atoms with Gasteiger partial charge < -0.3 is 20.1 Å². The van der Waals surface area contributed by atoms with Gasteiger partial charge in [0.2, 0.25) is 0 Å². The second-order valence-electron chi connectivity index (χ2n) is 7.82. The van der Waals surface area contributed by atoms with Gasteiger partial charge in [0.15, 0.2) is 6.10 Å². The molecule has 6 heteroatoms. The third kappa shape index (κ3) is 6.16. The number of ether oxygens (including phenoxy) is 2. The molecule has 3 rings (SSSR count). The van der Waals surface area contributed by atoms with Crippen LogP contribution >= 0.6 is 0 Å². The zero-order chi connectivity index (χ0) is 24.5. The molecule has 0 aromatic heterocycles. The van der Waals surface area contributed by atoms with Crippen molar-refractivity contribution in [2.45, 2.75) is 46.6 Å². The molecule has 0 aliphatic heterocycles. The first kappa shape index (κ1) is 24.8. The number of aryl methyl sites for hydroxylation is 2. The summed E-state index contributed by atoms with van der Waals surface area (Å²) in [6.07, 6.45) is 0.939. The molecule has 34 heavy (non-hydrogen) atoms. The van der Waals surface area contributed by atoms with Crippen molar-refractivity contribution in [3.8, 4) is 11.5 Å². The van der Waals surface area contributed by atoms with Crippen molar-refractivity contribution in [1.82, 2.24) is 0 Å². The zero-order valence-corrected chi connectivity index (χ0v) is 20.2. The van der Waals surface area contributed by atoms with Crippen LogP contribution in [0.25, 0.3) is 0 Å². The highest BCUT2D eigenvalue weighted by Crippen LogP contribution is 2.25. The smallest absolute Gasteiger partial charge is 0.265 e. The summed E-state index contributed by atoms with van der Waals surface area (Å²) in [6, 6.07) is 20.1. The number of benzene rings is 3. The summed E-state index contributed by atoms with van der Waals surface area (Å²) in [5, 5.41) is 5.90. The highest BCUT2D eigenvalue weighted by molar-refractivity contribution is 6.05. The number of rotatable bonds is 10. The van der Waals surface area contributed by atoms with E-state index >= 15 is 0 Å². The minimum atomic E-state index is -0.738. The van der Waals surface area contributed by atoms with E-state index in [1.165, 1.54) is 0 Å². The Morgan fingerprint density at radius 1 is 0.824 bits per heavy atom. The van der Waals surface area contributed by atoms with E-state index in [0.29, 0.717) is 29.4 Å². The fourth-order valence-corrected chi connectivity index (χ4v) is 3.62. The topological polar surface area (TPSA) is 76.7 Å². The molecule has 0 spiro atoms. The number of para-hydroxylation sites is 3. The number of anilines is 2. The Bertz CT molecular complexity index is 1100. The Morgan fingerprint density at radius 3 is 2.09 bits per heavy atom. The molecule has 6 nitrogen and oxygen atoms in total. The maximum Gasteiger partial charge on any atom is 0.265 e. The summed E-state index contributed by atoms with van der Waals surface area (Å²) in [7, 11) is 0. The van der Waals surface area contributed by atoms with Crippen molar-refractivity contribution < 1.29 is 19.1 Å². The summed E-state index contributed by atoms with van der Waals surface area (Å²) >= 11 is 0. The summed E-state index contributed by atoms with van der Waals surface area (Å²) < 4.78 is 11.3. The minimum absolute atomic E-state index is 0.180. The lowest BCUT2D eigenvalue weighted by Crippen LogP contribution is -2.30. The standard InChI is InChI=1S/C28H32N2O4/c1-5-20-11-10-12-21(6-2)26(20)30-28(32)22-15-17-23(18-16-22)34-19(4)27(31)29-24-13-8-9-14-25(24)33-7-3/h8-19H,5-7H2,1-4H3,(H,29,31)(H,30,32). The Kier molecular flexibility index (Phi) is 8.68. The van der Waals surface area contributed by atoms with Crippen molar-refractivity contribution >= 4 is 23.2 Å². The van der Waals surface area contributed by atoms with Crippen molar-refractivity contribution in [1.29, 1.82) is 0 Å². The van der Waals surface area contributed by atoms with Gasteiger partial charge in [-0.25, -0.2) is 0 Å². The number of hydrogen-bond acceptors (Lipinski definition) is 4. The van der Waals surface area contributed by atoms with E-state index in [-0.39, 0.29) is 11.8 Å². The van der Waals surface area contributed by atoms with Crippen LogP contribution in [0.5, 0.6) is 11.5 Å². The maximum absolute atomic E-state index is 12.9. The van der Waals surface area contributed by atoms with Crippen LogP contribution in [-0.2, 0) is 17.6 Å². The highest BCUT2D eigenvalue weighted by atomic mass is 16.5. The predicted molar refractivity (Wildman–Crippen MR) is 136 cm³/mol. The second-order valence-corrected chi connectivity index (χ2v) is 7.82. The average molecular weight is 461 g/mol. The van der Waals surface area contributed by atoms with Crippen LogP contribution in [-0.4, -0.2) is 24.5 Å². The van der Waals surface area contributed by atoms with Gasteiger partial charge in [-0.05, 0) is 74.2 Å². The number of hydrogen-bond donors (Lipinski definition) is 2. The Balaban J connectivity index is 1.64. The molecule has 0 heterocycles. The van der Waals surface area contributed by atoms with Crippen LogP contribution in [0.4, 0.5) is 11.4 Å². The summed E-state index contributed by atoms with van der Waals surface area (Å²) in [5.41, 5.74) is 4.21. The lowest BCUT2D eigenvalue weighted by molar-refractivity contribution is -0.122. The number of nitrogens with one attached hydrogen (secondary N) is 2. The van der Waals surface area contributed by atoms with Crippen LogP contribution < -0.4 is 20.1 Å². The molecule has 0 saturated heterocycles. The Hall–Kier alpha value is -3.80. The molecular weight excluding hydrogens is 428 g/mol. The SMILES string of the molecule is CCOc1ccccc1NC(=O)C(C)Oc1ccc(C(=O)Nc2c(CC)cccc2CC)cc1. The molecule has 0 aliphatic rings. The fraction of sp³-hybridized carbons (Fsp3) is 0.286. The monoisotopic (exact) mass is 460 g/mol. The molecule has 1 atom stereocenters. The van der Waals surface area contributed by atoms with Gasteiger partial charge in [-0.15, -0.1) is 0 Å². The van der Waals surface area contributed by atoms with Gasteiger partial charge in [-0.1, -0.05) is 44.2 Å². The first-order valence-corrected chi connectivity index (χ1v) is 11.7. The van der Waals surface area contributed by atoms with Crippen LogP contribution in [0.2, 0.25) is 0 Å². The van der Waals surface area contributed by atoms with E-state index in [1.807, 2.05) is 37.3 Å². The van der Waals surface area contributed by atoms with Gasteiger partial charge in [-0.2, -0.15) is 0 Å². The van der Waals surface area contributed by atoms with Crippen LogP contribution in [0, 0.1) is 0 Å². The summed E-state index contributed by atoms with van der Waals surface area (Å²) in [6.45, 7) is 8.21. The third-order valence-electron chi connectivity index (χ3n) is 5.48. The molecular formula is C28H32N2O4. The highest BCUT2D eigenvalue weighted by Gasteiger charge is 2.17. The van der Waals surface area contributed by atoms with E-state index in [0.717, 1.165) is 29.7 Å². The molecule has 3 aromatic carbocycles. The number of carbonyl (C=O) groups excluding carboxylic acids is 2. The van der Waals surface area contributed by atoms with E-state index in [2.05, 4.69) is 24.5 Å². The molecule has 3 aromatic rings. The molecule has 178 valence electrons. The van der Waals surface area contributed by atoms with E-state index < -0.39 is 6.10 Å². The molecule has 0 aliphatic carbocycles. The quantitative estimate of drug-likeness (QED) is 0.397.